The Kier molecular flexibility index (Phi) is 6.66. The molecule has 1 heterocycles. The SMILES string of the molecule is COc1ccc(NC(=O)[C@@H](C)n2c(=O)n(-c3ccc(C)c(Cl)c3)c(=O)c3ccccc32)cc1OC. The van der Waals surface area contributed by atoms with Crippen LogP contribution in [-0.4, -0.2) is 29.3 Å². The topological polar surface area (TPSA) is 91.6 Å². The minimum Gasteiger partial charge on any atom is -0.493 e. The van der Waals surface area contributed by atoms with Gasteiger partial charge in [-0.15, -0.1) is 0 Å². The second-order valence-corrected chi connectivity index (χ2v) is 8.39. The van der Waals surface area contributed by atoms with Crippen LogP contribution in [0.15, 0.2) is 70.3 Å². The molecule has 4 aromatic rings. The highest BCUT2D eigenvalue weighted by Crippen LogP contribution is 2.30. The number of para-hydroxylation sites is 1. The zero-order valence-electron chi connectivity index (χ0n) is 19.7. The van der Waals surface area contributed by atoms with E-state index in [-0.39, 0.29) is 0 Å². The van der Waals surface area contributed by atoms with Crippen molar-refractivity contribution < 1.29 is 14.3 Å². The molecule has 0 fully saturated rings. The van der Waals surface area contributed by atoms with Crippen molar-refractivity contribution >= 4 is 34.1 Å². The lowest BCUT2D eigenvalue weighted by Crippen LogP contribution is -2.42. The first-order valence-corrected chi connectivity index (χ1v) is 11.2. The fourth-order valence-corrected chi connectivity index (χ4v) is 4.06. The third-order valence-corrected chi connectivity index (χ3v) is 6.23. The number of hydrogen-bond donors (Lipinski definition) is 1. The maximum atomic E-state index is 13.6. The van der Waals surface area contributed by atoms with Gasteiger partial charge in [0.25, 0.3) is 5.56 Å². The van der Waals surface area contributed by atoms with E-state index in [4.69, 9.17) is 21.1 Å². The number of ether oxygens (including phenoxy) is 2. The molecule has 8 nitrogen and oxygen atoms in total. The van der Waals surface area contributed by atoms with E-state index in [0.717, 1.165) is 10.1 Å². The average Bonchev–Trinajstić information content (AvgIpc) is 2.86. The van der Waals surface area contributed by atoms with E-state index in [2.05, 4.69) is 5.32 Å². The molecule has 0 spiro atoms. The Labute approximate surface area is 206 Å². The normalized spacial score (nSPS) is 11.8. The number of anilines is 1. The Morgan fingerprint density at radius 3 is 2.37 bits per heavy atom. The zero-order chi connectivity index (χ0) is 25.3. The molecule has 0 unspecified atom stereocenters. The molecule has 35 heavy (non-hydrogen) atoms. The van der Waals surface area contributed by atoms with Crippen molar-refractivity contribution in [1.29, 1.82) is 0 Å². The predicted molar refractivity (Wildman–Crippen MR) is 136 cm³/mol. The number of benzene rings is 3. The van der Waals surface area contributed by atoms with Gasteiger partial charge in [0.15, 0.2) is 11.5 Å². The minimum atomic E-state index is -0.951. The summed E-state index contributed by atoms with van der Waals surface area (Å²) in [6, 6.07) is 15.6. The number of carbonyl (C=O) groups excluding carboxylic acids is 1. The van der Waals surface area contributed by atoms with E-state index in [1.807, 2.05) is 6.92 Å². The number of aromatic nitrogens is 2. The summed E-state index contributed by atoms with van der Waals surface area (Å²) in [7, 11) is 3.02. The van der Waals surface area contributed by atoms with Gasteiger partial charge in [-0.05, 0) is 55.8 Å². The molecule has 0 aliphatic rings. The molecule has 1 amide bonds. The molecule has 9 heteroatoms. The number of hydrogen-bond acceptors (Lipinski definition) is 5. The number of amides is 1. The molecule has 1 atom stereocenters. The van der Waals surface area contributed by atoms with Gasteiger partial charge in [0.05, 0.1) is 30.8 Å². The van der Waals surface area contributed by atoms with Crippen LogP contribution >= 0.6 is 11.6 Å². The summed E-state index contributed by atoms with van der Waals surface area (Å²) < 4.78 is 12.9. The molecular formula is C26H24ClN3O5. The van der Waals surface area contributed by atoms with Crippen LogP contribution in [-0.2, 0) is 4.79 Å². The molecule has 0 radical (unpaired) electrons. The Balaban J connectivity index is 1.84. The highest BCUT2D eigenvalue weighted by atomic mass is 35.5. The van der Waals surface area contributed by atoms with E-state index in [1.54, 1.807) is 67.6 Å². The molecule has 180 valence electrons. The third kappa shape index (κ3) is 4.40. The molecule has 1 N–H and O–H groups in total. The number of aryl methyl sites for hydroxylation is 1. The second kappa shape index (κ2) is 9.68. The highest BCUT2D eigenvalue weighted by molar-refractivity contribution is 6.31. The molecule has 0 bridgehead atoms. The number of halogens is 1. The van der Waals surface area contributed by atoms with E-state index in [1.165, 1.54) is 18.8 Å². The molecule has 1 aromatic heterocycles. The lowest BCUT2D eigenvalue weighted by atomic mass is 10.2. The number of nitrogens with zero attached hydrogens (tertiary/aromatic N) is 2. The number of methoxy groups -OCH3 is 2. The van der Waals surface area contributed by atoms with Gasteiger partial charge >= 0.3 is 5.69 Å². The summed E-state index contributed by atoms with van der Waals surface area (Å²) in [5, 5.41) is 3.53. The number of fused-ring (bicyclic) bond motifs is 1. The van der Waals surface area contributed by atoms with Gasteiger partial charge in [-0.2, -0.15) is 0 Å². The quantitative estimate of drug-likeness (QED) is 0.431. The van der Waals surface area contributed by atoms with Gasteiger partial charge in [0.1, 0.15) is 6.04 Å². The van der Waals surface area contributed by atoms with E-state index in [9.17, 15) is 14.4 Å². The van der Waals surface area contributed by atoms with Crippen LogP contribution in [0.3, 0.4) is 0 Å². The first-order valence-electron chi connectivity index (χ1n) is 10.8. The van der Waals surface area contributed by atoms with Crippen LogP contribution in [0, 0.1) is 6.92 Å². The first-order chi connectivity index (χ1) is 16.8. The summed E-state index contributed by atoms with van der Waals surface area (Å²) in [5.74, 6) is 0.520. The van der Waals surface area contributed by atoms with Crippen molar-refractivity contribution in [2.75, 3.05) is 19.5 Å². The summed E-state index contributed by atoms with van der Waals surface area (Å²) >= 11 is 6.27. The van der Waals surface area contributed by atoms with Gasteiger partial charge in [-0.25, -0.2) is 9.36 Å². The molecule has 0 aliphatic heterocycles. The van der Waals surface area contributed by atoms with Gasteiger partial charge < -0.3 is 14.8 Å². The van der Waals surface area contributed by atoms with Crippen LogP contribution in [0.5, 0.6) is 11.5 Å². The summed E-state index contributed by atoms with van der Waals surface area (Å²) in [5.41, 5.74) is 0.815. The van der Waals surface area contributed by atoms with Crippen LogP contribution in [0.1, 0.15) is 18.5 Å². The Morgan fingerprint density at radius 2 is 1.69 bits per heavy atom. The molecule has 0 saturated carbocycles. The Bertz CT molecular complexity index is 1560. The van der Waals surface area contributed by atoms with Crippen LogP contribution in [0.4, 0.5) is 5.69 Å². The van der Waals surface area contributed by atoms with Gasteiger partial charge in [-0.1, -0.05) is 29.8 Å². The smallest absolute Gasteiger partial charge is 0.336 e. The maximum absolute atomic E-state index is 13.6. The average molecular weight is 494 g/mol. The van der Waals surface area contributed by atoms with Crippen LogP contribution < -0.4 is 26.0 Å². The molecule has 0 saturated heterocycles. The molecule has 0 aliphatic carbocycles. The van der Waals surface area contributed by atoms with Crippen molar-refractivity contribution in [1.82, 2.24) is 9.13 Å². The standard InChI is InChI=1S/C26H24ClN3O5/c1-15-9-11-18(14-20(15)27)30-25(32)19-7-5-6-8-21(19)29(26(30)33)16(2)24(31)28-17-10-12-22(34-3)23(13-17)35-4/h5-14,16H,1-4H3,(H,28,31)/t16-/m1/s1. The van der Waals surface area contributed by atoms with Crippen LogP contribution in [0.25, 0.3) is 16.6 Å². The molecule has 4 rings (SSSR count). The fraction of sp³-hybridized carbons (Fsp3) is 0.192. The number of carbonyl (C=O) groups is 1. The Morgan fingerprint density at radius 1 is 0.971 bits per heavy atom. The number of nitrogens with one attached hydrogen (secondary N) is 1. The van der Waals surface area contributed by atoms with Crippen molar-refractivity contribution in [3.8, 4) is 17.2 Å². The van der Waals surface area contributed by atoms with Gasteiger partial charge in [-0.3, -0.25) is 14.2 Å². The van der Waals surface area contributed by atoms with E-state index < -0.39 is 23.2 Å². The highest BCUT2D eigenvalue weighted by Gasteiger charge is 2.23. The van der Waals surface area contributed by atoms with E-state index >= 15 is 0 Å². The van der Waals surface area contributed by atoms with Crippen molar-refractivity contribution in [3.05, 3.63) is 92.1 Å². The summed E-state index contributed by atoms with van der Waals surface area (Å²) in [6.45, 7) is 3.43. The number of rotatable bonds is 6. The third-order valence-electron chi connectivity index (χ3n) is 5.83. The largest absolute Gasteiger partial charge is 0.493 e. The summed E-state index contributed by atoms with van der Waals surface area (Å²) in [4.78, 5) is 40.2. The first kappa shape index (κ1) is 24.1. The van der Waals surface area contributed by atoms with Crippen molar-refractivity contribution in [2.45, 2.75) is 19.9 Å². The minimum absolute atomic E-state index is 0.301. The van der Waals surface area contributed by atoms with Crippen molar-refractivity contribution in [2.24, 2.45) is 0 Å². The lowest BCUT2D eigenvalue weighted by molar-refractivity contribution is -0.118. The van der Waals surface area contributed by atoms with E-state index in [0.29, 0.717) is 38.8 Å². The summed E-state index contributed by atoms with van der Waals surface area (Å²) in [6.07, 6.45) is 0. The monoisotopic (exact) mass is 493 g/mol. The zero-order valence-corrected chi connectivity index (χ0v) is 20.4. The second-order valence-electron chi connectivity index (χ2n) is 7.98. The van der Waals surface area contributed by atoms with Gasteiger partial charge in [0.2, 0.25) is 5.91 Å². The van der Waals surface area contributed by atoms with Crippen molar-refractivity contribution in [3.63, 3.8) is 0 Å². The van der Waals surface area contributed by atoms with Crippen LogP contribution in [0.2, 0.25) is 5.02 Å². The lowest BCUT2D eigenvalue weighted by Gasteiger charge is -2.20. The fourth-order valence-electron chi connectivity index (χ4n) is 3.88. The maximum Gasteiger partial charge on any atom is 0.336 e. The molecule has 3 aromatic carbocycles. The predicted octanol–water partition coefficient (Wildman–Crippen LogP) is 4.33. The molecular weight excluding hydrogens is 470 g/mol. The van der Waals surface area contributed by atoms with Gasteiger partial charge in [0, 0.05) is 16.8 Å². The Hall–Kier alpha value is -4.04.